The van der Waals surface area contributed by atoms with Gasteiger partial charge in [0.05, 0.1) is 11.1 Å². The molecule has 1 aliphatic rings. The van der Waals surface area contributed by atoms with Gasteiger partial charge in [0.15, 0.2) is 0 Å². The summed E-state index contributed by atoms with van der Waals surface area (Å²) in [6.45, 7) is 2.20. The highest BCUT2D eigenvalue weighted by atomic mass is 19.4. The van der Waals surface area contributed by atoms with Crippen LogP contribution in [0.5, 0.6) is 0 Å². The predicted octanol–water partition coefficient (Wildman–Crippen LogP) is 12.8. The average Bonchev–Trinajstić information content (AvgIpc) is 3.04. The van der Waals surface area contributed by atoms with Gasteiger partial charge in [-0.25, -0.2) is 22.0 Å². The van der Waals surface area contributed by atoms with Crippen molar-refractivity contribution in [2.75, 3.05) is 0 Å². The van der Waals surface area contributed by atoms with Crippen molar-refractivity contribution in [2.24, 2.45) is 5.92 Å². The van der Waals surface area contributed by atoms with E-state index in [1.807, 2.05) is 12.1 Å². The molecule has 8 heteroatoms. The highest BCUT2D eigenvalue weighted by Crippen LogP contribution is 2.40. The largest absolute Gasteiger partial charge is 0.458 e. The number of alkyl halides is 3. The van der Waals surface area contributed by atoms with Gasteiger partial charge in [-0.2, -0.15) is 13.2 Å². The van der Waals surface area contributed by atoms with Gasteiger partial charge >= 0.3 is 6.18 Å². The van der Waals surface area contributed by atoms with Crippen molar-refractivity contribution in [1.82, 2.24) is 0 Å². The maximum atomic E-state index is 15.8. The van der Waals surface area contributed by atoms with E-state index in [1.54, 1.807) is 6.07 Å². The van der Waals surface area contributed by atoms with Gasteiger partial charge in [-0.05, 0) is 89.2 Å². The third-order valence-electron chi connectivity index (χ3n) is 9.51. The van der Waals surface area contributed by atoms with Crippen LogP contribution >= 0.6 is 0 Å². The Kier molecular flexibility index (Phi) is 9.51. The van der Waals surface area contributed by atoms with Crippen LogP contribution in [0.3, 0.4) is 0 Å². The van der Waals surface area contributed by atoms with Crippen LogP contribution in [0.15, 0.2) is 66.7 Å². The van der Waals surface area contributed by atoms with E-state index in [0.29, 0.717) is 11.3 Å². The molecular weight excluding hydrogens is 632 g/mol. The first-order chi connectivity index (χ1) is 22.9. The van der Waals surface area contributed by atoms with Gasteiger partial charge in [0.1, 0.15) is 29.1 Å². The molecule has 48 heavy (non-hydrogen) atoms. The molecule has 5 aromatic carbocycles. The van der Waals surface area contributed by atoms with Gasteiger partial charge in [0.2, 0.25) is 0 Å². The third kappa shape index (κ3) is 6.92. The lowest BCUT2D eigenvalue weighted by Crippen LogP contribution is -2.13. The maximum absolute atomic E-state index is 15.8. The van der Waals surface area contributed by atoms with Crippen LogP contribution < -0.4 is 0 Å². The Hall–Kier alpha value is -4.38. The maximum Gasteiger partial charge on any atom is 0.458 e. The fraction of sp³-hybridized carbons (Fsp3) is 0.300. The first-order valence-corrected chi connectivity index (χ1v) is 16.2. The lowest BCUT2D eigenvalue weighted by atomic mass is 9.76. The van der Waals surface area contributed by atoms with Gasteiger partial charge < -0.3 is 0 Å². The van der Waals surface area contributed by atoms with Crippen molar-refractivity contribution < 1.29 is 35.1 Å². The molecule has 1 fully saturated rings. The van der Waals surface area contributed by atoms with E-state index in [1.165, 1.54) is 68.0 Å². The van der Waals surface area contributed by atoms with Crippen LogP contribution in [0, 0.1) is 46.8 Å². The lowest BCUT2D eigenvalue weighted by molar-refractivity contribution is -0.0696. The smallest absolute Gasteiger partial charge is 0.206 e. The van der Waals surface area contributed by atoms with E-state index < -0.39 is 40.8 Å². The molecule has 0 radical (unpaired) electrons. The second-order valence-electron chi connectivity index (χ2n) is 12.7. The summed E-state index contributed by atoms with van der Waals surface area (Å²) in [6, 6.07) is 15.0. The van der Waals surface area contributed by atoms with E-state index in [0.717, 1.165) is 55.2 Å². The van der Waals surface area contributed by atoms with Gasteiger partial charge in [-0.3, -0.25) is 0 Å². The molecule has 0 saturated heterocycles. The summed E-state index contributed by atoms with van der Waals surface area (Å²) < 4.78 is 114. The monoisotopic (exact) mass is 664 g/mol. The summed E-state index contributed by atoms with van der Waals surface area (Å²) in [5.41, 5.74) is -0.167. The zero-order chi connectivity index (χ0) is 34.2. The molecule has 0 heterocycles. The van der Waals surface area contributed by atoms with Crippen LogP contribution in [-0.2, 0) is 0 Å². The standard InChI is InChI=1S/C40H32F8/c1-2-3-4-5-23-6-8-24(9-7-23)25-10-14-32-28(18-25)22-36(43)37(39(32)45)27-12-13-30(34(41)20-27)26-11-15-31-29(19-26)21-35(42)33(38(31)44)16-17-40(46,47)48/h10-15,18-24H,2-9H2,1H3. The molecule has 0 aliphatic heterocycles. The van der Waals surface area contributed by atoms with Gasteiger partial charge in [0.25, 0.3) is 0 Å². The van der Waals surface area contributed by atoms with E-state index in [4.69, 9.17) is 0 Å². The van der Waals surface area contributed by atoms with E-state index >= 15 is 13.2 Å². The second kappa shape index (κ2) is 13.6. The molecule has 6 rings (SSSR count). The molecule has 0 spiro atoms. The van der Waals surface area contributed by atoms with Crippen LogP contribution in [0.1, 0.15) is 75.3 Å². The highest BCUT2D eigenvalue weighted by Gasteiger charge is 2.25. The summed E-state index contributed by atoms with van der Waals surface area (Å²) >= 11 is 0. The lowest BCUT2D eigenvalue weighted by Gasteiger charge is -2.29. The molecule has 248 valence electrons. The van der Waals surface area contributed by atoms with Crippen molar-refractivity contribution in [1.29, 1.82) is 0 Å². The van der Waals surface area contributed by atoms with E-state index in [9.17, 15) is 22.0 Å². The van der Waals surface area contributed by atoms with Crippen LogP contribution in [0.25, 0.3) is 43.8 Å². The summed E-state index contributed by atoms with van der Waals surface area (Å²) in [5, 5.41) is 0.430. The van der Waals surface area contributed by atoms with Crippen molar-refractivity contribution in [3.05, 3.63) is 107 Å². The molecule has 0 N–H and O–H groups in total. The predicted molar refractivity (Wildman–Crippen MR) is 174 cm³/mol. The second-order valence-corrected chi connectivity index (χ2v) is 12.7. The Balaban J connectivity index is 1.26. The SMILES string of the molecule is CCCCCC1CCC(c2ccc3c(F)c(-c4ccc(-c5ccc6c(F)c(C#CC(F)(F)F)c(F)cc6c5)c(F)c4)c(F)cc3c2)CC1. The first-order valence-electron chi connectivity index (χ1n) is 16.2. The Morgan fingerprint density at radius 2 is 1.33 bits per heavy atom. The Bertz CT molecular complexity index is 2060. The van der Waals surface area contributed by atoms with Crippen molar-refractivity contribution in [2.45, 2.75) is 70.4 Å². The molecule has 1 saturated carbocycles. The summed E-state index contributed by atoms with van der Waals surface area (Å²) in [6.07, 6.45) is 4.47. The highest BCUT2D eigenvalue weighted by molar-refractivity contribution is 5.91. The zero-order valence-corrected chi connectivity index (χ0v) is 26.2. The van der Waals surface area contributed by atoms with E-state index in [-0.39, 0.29) is 38.4 Å². The molecule has 0 nitrogen and oxygen atoms in total. The minimum Gasteiger partial charge on any atom is -0.206 e. The number of rotatable bonds is 7. The minimum atomic E-state index is -4.93. The van der Waals surface area contributed by atoms with Crippen molar-refractivity contribution >= 4 is 21.5 Å². The Labute approximate surface area is 273 Å². The third-order valence-corrected chi connectivity index (χ3v) is 9.51. The number of hydrogen-bond donors (Lipinski definition) is 0. The molecule has 1 aliphatic carbocycles. The normalized spacial score (nSPS) is 16.7. The van der Waals surface area contributed by atoms with Gasteiger partial charge in [0, 0.05) is 22.3 Å². The summed E-state index contributed by atoms with van der Waals surface area (Å²) in [4.78, 5) is 0. The van der Waals surface area contributed by atoms with Crippen LogP contribution in [0.4, 0.5) is 35.1 Å². The topological polar surface area (TPSA) is 0 Å². The zero-order valence-electron chi connectivity index (χ0n) is 26.2. The number of fused-ring (bicyclic) bond motifs is 2. The quantitative estimate of drug-likeness (QED) is 0.0923. The van der Waals surface area contributed by atoms with Crippen molar-refractivity contribution in [3.63, 3.8) is 0 Å². The molecule has 0 amide bonds. The number of halogens is 8. The first kappa shape index (κ1) is 33.5. The molecular formula is C40H32F8. The molecule has 0 atom stereocenters. The molecule has 0 aromatic heterocycles. The van der Waals surface area contributed by atoms with Gasteiger partial charge in [-0.1, -0.05) is 81.0 Å². The van der Waals surface area contributed by atoms with Crippen molar-refractivity contribution in [3.8, 4) is 34.1 Å². The molecule has 5 aromatic rings. The van der Waals surface area contributed by atoms with Gasteiger partial charge in [-0.15, -0.1) is 0 Å². The Morgan fingerprint density at radius 1 is 0.667 bits per heavy atom. The average molecular weight is 665 g/mol. The Morgan fingerprint density at radius 3 is 2.04 bits per heavy atom. The van der Waals surface area contributed by atoms with E-state index in [2.05, 4.69) is 6.92 Å². The molecule has 0 bridgehead atoms. The summed E-state index contributed by atoms with van der Waals surface area (Å²) in [7, 11) is 0. The minimum absolute atomic E-state index is 0.00580. The fourth-order valence-electron chi connectivity index (χ4n) is 6.99. The fourth-order valence-corrected chi connectivity index (χ4v) is 6.99. The number of unbranched alkanes of at least 4 members (excludes halogenated alkanes) is 2. The summed E-state index contributed by atoms with van der Waals surface area (Å²) in [5.74, 6) is -1.60. The molecule has 0 unspecified atom stereocenters. The number of benzene rings is 5. The van der Waals surface area contributed by atoms with Crippen LogP contribution in [0.2, 0.25) is 0 Å². The number of hydrogen-bond acceptors (Lipinski definition) is 0. The van der Waals surface area contributed by atoms with Crippen LogP contribution in [-0.4, -0.2) is 6.18 Å².